The summed E-state index contributed by atoms with van der Waals surface area (Å²) in [4.78, 5) is 12.6. The highest BCUT2D eigenvalue weighted by molar-refractivity contribution is 5.75. The van der Waals surface area contributed by atoms with Crippen LogP contribution in [0.4, 0.5) is 0 Å². The van der Waals surface area contributed by atoms with Crippen molar-refractivity contribution in [3.05, 3.63) is 65.7 Å². The van der Waals surface area contributed by atoms with Gasteiger partial charge >= 0.3 is 0 Å². The van der Waals surface area contributed by atoms with E-state index in [0.29, 0.717) is 12.2 Å². The van der Waals surface area contributed by atoms with Gasteiger partial charge in [0.05, 0.1) is 0 Å². The second kappa shape index (κ2) is 7.46. The number of hydrogen-bond donors (Lipinski definition) is 0. The van der Waals surface area contributed by atoms with E-state index in [-0.39, 0.29) is 0 Å². The second-order valence-corrected chi connectivity index (χ2v) is 4.70. The van der Waals surface area contributed by atoms with E-state index in [9.17, 15) is 4.79 Å². The lowest BCUT2D eigenvalue weighted by atomic mass is 10.2. The van der Waals surface area contributed by atoms with Gasteiger partial charge in [0.15, 0.2) is 0 Å². The summed E-state index contributed by atoms with van der Waals surface area (Å²) in [5.41, 5.74) is 1.83. The molecule has 0 saturated carbocycles. The maximum Gasteiger partial charge on any atom is 0.233 e. The van der Waals surface area contributed by atoms with E-state index >= 15 is 0 Å². The minimum absolute atomic E-state index is 0.540. The van der Waals surface area contributed by atoms with Gasteiger partial charge < -0.3 is 4.74 Å². The zero-order chi connectivity index (χ0) is 14.2. The van der Waals surface area contributed by atoms with Gasteiger partial charge in [-0.3, -0.25) is 9.69 Å². The summed E-state index contributed by atoms with van der Waals surface area (Å²) in [6.45, 7) is 2.37. The van der Waals surface area contributed by atoms with Crippen molar-refractivity contribution >= 4 is 6.29 Å². The molecule has 3 nitrogen and oxygen atoms in total. The van der Waals surface area contributed by atoms with E-state index in [1.165, 1.54) is 5.56 Å². The molecule has 2 aromatic rings. The van der Waals surface area contributed by atoms with Crippen molar-refractivity contribution in [1.82, 2.24) is 4.90 Å². The lowest BCUT2D eigenvalue weighted by Crippen LogP contribution is -2.23. The molecule has 0 heterocycles. The van der Waals surface area contributed by atoms with E-state index in [1.807, 2.05) is 24.5 Å². The molecule has 0 atom stereocenters. The second-order valence-electron chi connectivity index (χ2n) is 4.70. The molecule has 0 amide bonds. The summed E-state index contributed by atoms with van der Waals surface area (Å²) in [6, 6.07) is 17.3. The van der Waals surface area contributed by atoms with Gasteiger partial charge in [0, 0.05) is 18.7 Å². The van der Waals surface area contributed by atoms with Crippen molar-refractivity contribution in [1.29, 1.82) is 0 Å². The predicted molar refractivity (Wildman–Crippen MR) is 79.5 cm³/mol. The van der Waals surface area contributed by atoms with E-state index in [1.54, 1.807) is 24.3 Å². The first-order valence-electron chi connectivity index (χ1n) is 6.61. The Labute approximate surface area is 119 Å². The first-order chi connectivity index (χ1) is 9.78. The SMILES string of the molecule is CN(CCOc1ccc([C]=O)cc1)Cc1ccccc1. The number of likely N-dealkylation sites (N-methyl/N-ethyl adjacent to an activating group) is 1. The molecule has 0 unspecified atom stereocenters. The molecule has 0 aliphatic rings. The topological polar surface area (TPSA) is 29.5 Å². The first kappa shape index (κ1) is 14.3. The van der Waals surface area contributed by atoms with Crippen molar-refractivity contribution in [3.8, 4) is 5.75 Å². The van der Waals surface area contributed by atoms with E-state index < -0.39 is 0 Å². The lowest BCUT2D eigenvalue weighted by molar-refractivity contribution is 0.233. The van der Waals surface area contributed by atoms with E-state index in [0.717, 1.165) is 18.8 Å². The number of nitrogens with zero attached hydrogens (tertiary/aromatic N) is 1. The van der Waals surface area contributed by atoms with Crippen LogP contribution >= 0.6 is 0 Å². The number of hydrogen-bond acceptors (Lipinski definition) is 3. The summed E-state index contributed by atoms with van der Waals surface area (Å²) in [6.07, 6.45) is 1.84. The molecule has 0 aliphatic carbocycles. The van der Waals surface area contributed by atoms with Crippen LogP contribution in [-0.4, -0.2) is 31.4 Å². The fourth-order valence-corrected chi connectivity index (χ4v) is 1.91. The highest BCUT2D eigenvalue weighted by Gasteiger charge is 2.01. The minimum atomic E-state index is 0.540. The van der Waals surface area contributed by atoms with Crippen molar-refractivity contribution in [2.75, 3.05) is 20.2 Å². The highest BCUT2D eigenvalue weighted by atomic mass is 16.5. The molecule has 0 N–H and O–H groups in total. The van der Waals surface area contributed by atoms with Gasteiger partial charge in [-0.15, -0.1) is 0 Å². The Morgan fingerprint density at radius 2 is 1.75 bits per heavy atom. The maximum atomic E-state index is 10.4. The molecule has 0 aliphatic heterocycles. The monoisotopic (exact) mass is 268 g/mol. The third-order valence-electron chi connectivity index (χ3n) is 3.01. The summed E-state index contributed by atoms with van der Waals surface area (Å²) < 4.78 is 5.64. The predicted octanol–water partition coefficient (Wildman–Crippen LogP) is 2.66. The Morgan fingerprint density at radius 1 is 1.05 bits per heavy atom. The van der Waals surface area contributed by atoms with Gasteiger partial charge in [-0.1, -0.05) is 30.3 Å². The average molecular weight is 268 g/mol. The molecule has 0 aromatic heterocycles. The standard InChI is InChI=1S/C17H18NO2/c1-18(13-15-5-3-2-4-6-15)11-12-20-17-9-7-16(14-19)8-10-17/h2-10H,11-13H2,1H3. The molecule has 103 valence electrons. The maximum absolute atomic E-state index is 10.4. The Balaban J connectivity index is 1.73. The Bertz CT molecular complexity index is 522. The quantitative estimate of drug-likeness (QED) is 0.773. The Hall–Kier alpha value is -2.13. The van der Waals surface area contributed by atoms with Crippen LogP contribution in [0.25, 0.3) is 0 Å². The molecule has 0 spiro atoms. The first-order valence-corrected chi connectivity index (χ1v) is 6.61. The molecule has 3 heteroatoms. The average Bonchev–Trinajstić information content (AvgIpc) is 2.49. The largest absolute Gasteiger partial charge is 0.492 e. The normalized spacial score (nSPS) is 10.5. The van der Waals surface area contributed by atoms with Gasteiger partial charge in [-0.25, -0.2) is 0 Å². The van der Waals surface area contributed by atoms with Crippen LogP contribution in [0, 0.1) is 0 Å². The summed E-state index contributed by atoms with van der Waals surface area (Å²) in [7, 11) is 2.07. The zero-order valence-electron chi connectivity index (χ0n) is 11.6. The van der Waals surface area contributed by atoms with Crippen LogP contribution in [0.2, 0.25) is 0 Å². The molecular weight excluding hydrogens is 250 g/mol. The third-order valence-corrected chi connectivity index (χ3v) is 3.01. The molecule has 1 radical (unpaired) electrons. The Kier molecular flexibility index (Phi) is 5.33. The highest BCUT2D eigenvalue weighted by Crippen LogP contribution is 2.11. The van der Waals surface area contributed by atoms with Crippen LogP contribution in [0.5, 0.6) is 5.75 Å². The summed E-state index contributed by atoms with van der Waals surface area (Å²) in [5, 5.41) is 0. The lowest BCUT2D eigenvalue weighted by Gasteiger charge is -2.17. The van der Waals surface area contributed by atoms with Crippen LogP contribution in [0.1, 0.15) is 11.1 Å². The fraction of sp³-hybridized carbons (Fsp3) is 0.235. The molecule has 20 heavy (non-hydrogen) atoms. The zero-order valence-corrected chi connectivity index (χ0v) is 11.6. The van der Waals surface area contributed by atoms with Crippen molar-refractivity contribution in [3.63, 3.8) is 0 Å². The van der Waals surface area contributed by atoms with Crippen LogP contribution in [-0.2, 0) is 11.3 Å². The summed E-state index contributed by atoms with van der Waals surface area (Å²) >= 11 is 0. The van der Waals surface area contributed by atoms with Crippen LogP contribution in [0.3, 0.4) is 0 Å². The van der Waals surface area contributed by atoms with Crippen LogP contribution < -0.4 is 4.74 Å². The number of carbonyl (C=O) groups excluding carboxylic acids is 1. The molecule has 0 bridgehead atoms. The van der Waals surface area contributed by atoms with E-state index in [2.05, 4.69) is 24.1 Å². The number of ether oxygens (including phenoxy) is 1. The molecule has 0 saturated heterocycles. The van der Waals surface area contributed by atoms with Gasteiger partial charge in [-0.05, 0) is 36.9 Å². The molecular formula is C17H18NO2. The molecule has 2 aromatic carbocycles. The smallest absolute Gasteiger partial charge is 0.233 e. The van der Waals surface area contributed by atoms with Gasteiger partial charge in [0.1, 0.15) is 12.4 Å². The van der Waals surface area contributed by atoms with Crippen LogP contribution in [0.15, 0.2) is 54.6 Å². The van der Waals surface area contributed by atoms with E-state index in [4.69, 9.17) is 4.74 Å². The van der Waals surface area contributed by atoms with Crippen molar-refractivity contribution in [2.24, 2.45) is 0 Å². The van der Waals surface area contributed by atoms with Crippen molar-refractivity contribution in [2.45, 2.75) is 6.54 Å². The van der Waals surface area contributed by atoms with Gasteiger partial charge in [0.2, 0.25) is 6.29 Å². The number of rotatable bonds is 7. The summed E-state index contributed by atoms with van der Waals surface area (Å²) in [5.74, 6) is 0.775. The van der Waals surface area contributed by atoms with Gasteiger partial charge in [-0.2, -0.15) is 0 Å². The molecule has 0 fully saturated rings. The Morgan fingerprint density at radius 3 is 2.40 bits per heavy atom. The molecule has 2 rings (SSSR count). The minimum Gasteiger partial charge on any atom is -0.492 e. The van der Waals surface area contributed by atoms with Gasteiger partial charge in [0.25, 0.3) is 0 Å². The number of benzene rings is 2. The van der Waals surface area contributed by atoms with Crippen molar-refractivity contribution < 1.29 is 9.53 Å². The third kappa shape index (κ3) is 4.52. The fourth-order valence-electron chi connectivity index (χ4n) is 1.91.